The molecule has 6 nitrogen and oxygen atoms in total. The van der Waals surface area contributed by atoms with E-state index in [0.717, 1.165) is 38.5 Å². The van der Waals surface area contributed by atoms with Crippen LogP contribution in [-0.2, 0) is 14.3 Å². The molecule has 0 aliphatic carbocycles. The second-order valence-corrected chi connectivity index (χ2v) is 24.9. The maximum atomic E-state index is 12.5. The number of carbonyl (C=O) groups excluding carboxylic acids is 2. The average molecular weight is 1110 g/mol. The van der Waals surface area contributed by atoms with Crippen molar-refractivity contribution >= 4 is 11.9 Å². The summed E-state index contributed by atoms with van der Waals surface area (Å²) in [7, 11) is 0. The van der Waals surface area contributed by atoms with Crippen LogP contribution in [0.15, 0.2) is 24.3 Å². The van der Waals surface area contributed by atoms with Gasteiger partial charge in [0.15, 0.2) is 0 Å². The Balaban J connectivity index is 3.40. The molecule has 0 aromatic rings. The zero-order valence-corrected chi connectivity index (χ0v) is 53.6. The van der Waals surface area contributed by atoms with Gasteiger partial charge in [-0.3, -0.25) is 9.59 Å². The molecule has 0 aromatic carbocycles. The highest BCUT2D eigenvalue weighted by molar-refractivity contribution is 5.76. The molecule has 0 saturated carbocycles. The predicted octanol–water partition coefficient (Wildman–Crippen LogP) is 23.3. The van der Waals surface area contributed by atoms with Crippen molar-refractivity contribution in [2.24, 2.45) is 0 Å². The fraction of sp³-hybridized carbons (Fsp3) is 0.918. The van der Waals surface area contributed by atoms with Crippen molar-refractivity contribution in [1.82, 2.24) is 5.32 Å². The Kier molecular flexibility index (Phi) is 67.4. The van der Waals surface area contributed by atoms with E-state index < -0.39 is 12.1 Å². The number of rotatable bonds is 68. The zero-order valence-electron chi connectivity index (χ0n) is 53.6. The Morgan fingerprint density at radius 1 is 0.342 bits per heavy atom. The van der Waals surface area contributed by atoms with Crippen molar-refractivity contribution in [2.45, 2.75) is 418 Å². The van der Waals surface area contributed by atoms with Gasteiger partial charge in [0.2, 0.25) is 5.91 Å². The molecular weight excluding hydrogens is 971 g/mol. The third-order valence-electron chi connectivity index (χ3n) is 17.0. The van der Waals surface area contributed by atoms with Crippen LogP contribution < -0.4 is 5.32 Å². The molecule has 2 unspecified atom stereocenters. The molecule has 6 heteroatoms. The second-order valence-electron chi connectivity index (χ2n) is 24.9. The Labute approximate surface area is 494 Å². The van der Waals surface area contributed by atoms with E-state index in [0.29, 0.717) is 19.4 Å². The fourth-order valence-electron chi connectivity index (χ4n) is 11.5. The van der Waals surface area contributed by atoms with Crippen molar-refractivity contribution in [3.05, 3.63) is 24.3 Å². The Bertz CT molecular complexity index is 1230. The van der Waals surface area contributed by atoms with Gasteiger partial charge in [-0.15, -0.1) is 0 Å². The van der Waals surface area contributed by atoms with Crippen molar-refractivity contribution in [3.63, 3.8) is 0 Å². The monoisotopic (exact) mass is 1110 g/mol. The van der Waals surface area contributed by atoms with E-state index in [2.05, 4.69) is 31.3 Å². The van der Waals surface area contributed by atoms with Gasteiger partial charge in [0, 0.05) is 12.8 Å². The number of allylic oxidation sites excluding steroid dienone is 3. The number of hydrogen-bond donors (Lipinski definition) is 3. The lowest BCUT2D eigenvalue weighted by atomic mass is 10.0. The first-order valence-electron chi connectivity index (χ1n) is 36.1. The first-order valence-corrected chi connectivity index (χ1v) is 36.1. The molecule has 0 saturated heterocycles. The fourth-order valence-corrected chi connectivity index (χ4v) is 11.5. The first-order chi connectivity index (χ1) is 39.0. The molecule has 0 fully saturated rings. The topological polar surface area (TPSA) is 95.9 Å². The van der Waals surface area contributed by atoms with E-state index in [9.17, 15) is 19.8 Å². The van der Waals surface area contributed by atoms with Crippen molar-refractivity contribution in [2.75, 3.05) is 13.2 Å². The number of aliphatic hydroxyl groups excluding tert-OH is 2. The highest BCUT2D eigenvalue weighted by Gasteiger charge is 2.18. The van der Waals surface area contributed by atoms with E-state index in [1.807, 2.05) is 6.08 Å². The molecule has 0 aromatic heterocycles. The van der Waals surface area contributed by atoms with Gasteiger partial charge in [-0.2, -0.15) is 0 Å². The van der Waals surface area contributed by atoms with Gasteiger partial charge in [-0.25, -0.2) is 0 Å². The van der Waals surface area contributed by atoms with Crippen LogP contribution in [0.2, 0.25) is 0 Å². The Morgan fingerprint density at radius 2 is 0.595 bits per heavy atom. The second kappa shape index (κ2) is 68.8. The molecular formula is C73H141NO5. The molecule has 0 bridgehead atoms. The molecule has 0 heterocycles. The molecule has 3 N–H and O–H groups in total. The lowest BCUT2D eigenvalue weighted by molar-refractivity contribution is -0.143. The van der Waals surface area contributed by atoms with E-state index in [-0.39, 0.29) is 18.5 Å². The van der Waals surface area contributed by atoms with Gasteiger partial charge in [0.05, 0.1) is 25.4 Å². The van der Waals surface area contributed by atoms with E-state index in [1.54, 1.807) is 6.08 Å². The number of ether oxygens (including phenoxy) is 1. The van der Waals surface area contributed by atoms with Crippen LogP contribution in [0.25, 0.3) is 0 Å². The minimum absolute atomic E-state index is 0.0183. The molecule has 79 heavy (non-hydrogen) atoms. The van der Waals surface area contributed by atoms with Crippen LogP contribution >= 0.6 is 0 Å². The molecule has 0 aliphatic heterocycles. The summed E-state index contributed by atoms with van der Waals surface area (Å²) in [5.74, 6) is -0.0491. The number of esters is 1. The van der Waals surface area contributed by atoms with Crippen LogP contribution in [0, 0.1) is 0 Å². The quantitative estimate of drug-likeness (QED) is 0.0320. The maximum Gasteiger partial charge on any atom is 0.305 e. The minimum Gasteiger partial charge on any atom is -0.466 e. The zero-order chi connectivity index (χ0) is 57.1. The number of amides is 1. The number of hydrogen-bond acceptors (Lipinski definition) is 5. The summed E-state index contributed by atoms with van der Waals surface area (Å²) in [5.41, 5.74) is 0. The predicted molar refractivity (Wildman–Crippen MR) is 347 cm³/mol. The van der Waals surface area contributed by atoms with Crippen LogP contribution in [0.5, 0.6) is 0 Å². The summed E-state index contributed by atoms with van der Waals surface area (Å²) in [6.07, 6.45) is 86.9. The standard InChI is InChI=1S/C73H141NO5/c1-3-5-7-9-11-13-15-17-19-21-30-33-37-41-45-49-53-57-61-65-71(76)70(69-75)74-72(77)66-62-58-54-50-46-42-38-34-31-28-26-24-23-25-27-29-32-36-40-44-48-52-56-60-64-68-79-73(78)67-63-59-55-51-47-43-39-35-22-20-18-16-14-12-10-8-6-4-2/h24,26,61,65,70-71,75-76H,3-23,25,27-60,62-64,66-69H2,1-2H3,(H,74,77)/b26-24-,65-61+. The van der Waals surface area contributed by atoms with E-state index in [4.69, 9.17) is 4.74 Å². The normalized spacial score (nSPS) is 12.6. The van der Waals surface area contributed by atoms with Crippen molar-refractivity contribution in [1.29, 1.82) is 0 Å². The lowest BCUT2D eigenvalue weighted by Crippen LogP contribution is -2.45. The molecule has 0 spiro atoms. The third kappa shape index (κ3) is 65.4. The van der Waals surface area contributed by atoms with E-state index in [1.165, 1.54) is 340 Å². The Hall–Kier alpha value is -1.66. The molecule has 468 valence electrons. The lowest BCUT2D eigenvalue weighted by Gasteiger charge is -2.20. The highest BCUT2D eigenvalue weighted by atomic mass is 16.5. The van der Waals surface area contributed by atoms with Crippen LogP contribution in [0.4, 0.5) is 0 Å². The number of nitrogens with one attached hydrogen (secondary N) is 1. The smallest absolute Gasteiger partial charge is 0.305 e. The average Bonchev–Trinajstić information content (AvgIpc) is 3.45. The Morgan fingerprint density at radius 3 is 0.899 bits per heavy atom. The molecule has 0 rings (SSSR count). The van der Waals surface area contributed by atoms with Crippen LogP contribution in [0.1, 0.15) is 406 Å². The van der Waals surface area contributed by atoms with Gasteiger partial charge >= 0.3 is 5.97 Å². The maximum absolute atomic E-state index is 12.5. The van der Waals surface area contributed by atoms with Crippen LogP contribution in [0.3, 0.4) is 0 Å². The first kappa shape index (κ1) is 77.3. The summed E-state index contributed by atoms with van der Waals surface area (Å²) in [5, 5.41) is 23.2. The van der Waals surface area contributed by atoms with Gasteiger partial charge in [0.1, 0.15) is 0 Å². The summed E-state index contributed by atoms with van der Waals surface area (Å²) in [6.45, 7) is 4.95. The molecule has 0 aliphatic rings. The largest absolute Gasteiger partial charge is 0.466 e. The number of unbranched alkanes of at least 4 members (excludes halogenated alkanes) is 55. The molecule has 1 amide bonds. The molecule has 0 radical (unpaired) electrons. The third-order valence-corrected chi connectivity index (χ3v) is 17.0. The van der Waals surface area contributed by atoms with Crippen molar-refractivity contribution < 1.29 is 24.5 Å². The summed E-state index contributed by atoms with van der Waals surface area (Å²) in [4.78, 5) is 24.6. The summed E-state index contributed by atoms with van der Waals surface area (Å²) in [6, 6.07) is -0.631. The summed E-state index contributed by atoms with van der Waals surface area (Å²) < 4.78 is 5.51. The van der Waals surface area contributed by atoms with Gasteiger partial charge in [0.25, 0.3) is 0 Å². The number of aliphatic hydroxyl groups is 2. The van der Waals surface area contributed by atoms with Gasteiger partial charge in [-0.05, 0) is 57.8 Å². The van der Waals surface area contributed by atoms with Gasteiger partial charge in [-0.1, -0.05) is 359 Å². The summed E-state index contributed by atoms with van der Waals surface area (Å²) >= 11 is 0. The van der Waals surface area contributed by atoms with Gasteiger partial charge < -0.3 is 20.3 Å². The molecule has 2 atom stereocenters. The minimum atomic E-state index is -0.847. The number of carbonyl (C=O) groups is 2. The van der Waals surface area contributed by atoms with Crippen LogP contribution in [-0.4, -0.2) is 47.4 Å². The van der Waals surface area contributed by atoms with E-state index >= 15 is 0 Å². The SMILES string of the molecule is CCCCCCCCCCCCCCCCCCC/C=C/C(O)C(CO)NC(=O)CCCCCCCCCCC/C=C\CCCCCCCCCCCCCCOC(=O)CCCCCCCCCCCCCCCCCCCC. The van der Waals surface area contributed by atoms with Crippen molar-refractivity contribution in [3.8, 4) is 0 Å². The highest BCUT2D eigenvalue weighted by Crippen LogP contribution is 2.19.